The summed E-state index contributed by atoms with van der Waals surface area (Å²) in [6.45, 7) is 0. The van der Waals surface area contributed by atoms with E-state index in [4.69, 9.17) is 10.5 Å². The van der Waals surface area contributed by atoms with E-state index in [9.17, 15) is 0 Å². The van der Waals surface area contributed by atoms with Gasteiger partial charge in [0.15, 0.2) is 0 Å². The summed E-state index contributed by atoms with van der Waals surface area (Å²) < 4.78 is 0. The van der Waals surface area contributed by atoms with E-state index in [1.165, 1.54) is 0 Å². The molecular weight excluding hydrogens is 104 g/mol. The van der Waals surface area contributed by atoms with E-state index in [0.29, 0.717) is 0 Å². The average molecular weight is 106 g/mol. The van der Waals surface area contributed by atoms with Crippen molar-refractivity contribution in [2.24, 2.45) is 0 Å². The molecule has 0 heterocycles. The third kappa shape index (κ3) is 29.4. The second-order valence-corrected chi connectivity index (χ2v) is 0.0816. The Morgan fingerprint density at radius 2 is 1.25 bits per heavy atom. The summed E-state index contributed by atoms with van der Waals surface area (Å²) in [5.41, 5.74) is 0. The molecule has 0 atom stereocenters. The van der Waals surface area contributed by atoms with Crippen LogP contribution in [0.3, 0.4) is 0 Å². The van der Waals surface area contributed by atoms with Crippen LogP contribution in [0.4, 0.5) is 0 Å². The Bertz CT molecular complexity index is 3.25. The van der Waals surface area contributed by atoms with E-state index in [2.05, 4.69) is 5.04 Å². The fraction of sp³-hybridized carbons (Fsp3) is 0. The molecule has 0 aliphatic heterocycles. The summed E-state index contributed by atoms with van der Waals surface area (Å²) in [5, 5.41) is 15.5. The van der Waals surface area contributed by atoms with Crippen molar-refractivity contribution in [2.45, 2.75) is 0 Å². The molecule has 0 saturated heterocycles. The van der Waals surface area contributed by atoms with Crippen LogP contribution in [-0.4, -0.2) is 10.5 Å². The van der Waals surface area contributed by atoms with Crippen LogP contribution in [0.25, 0.3) is 0 Å². The minimum absolute atomic E-state index is 0. The summed E-state index contributed by atoms with van der Waals surface area (Å²) in [6, 6.07) is 0. The molecular formula is H2FeO3. The van der Waals surface area contributed by atoms with Gasteiger partial charge < -0.3 is 0 Å². The topological polar surface area (TPSA) is 49.7 Å². The van der Waals surface area contributed by atoms with Gasteiger partial charge in [-0.1, -0.05) is 5.04 Å². The van der Waals surface area contributed by atoms with Crippen LogP contribution in [0, 0.1) is 0 Å². The number of rotatable bonds is 0. The Hall–Kier alpha value is 0.399. The second-order valence-electron chi connectivity index (χ2n) is 0.0816. The molecule has 0 aromatic rings. The number of hydrogen-bond donors (Lipinski definition) is 2. The van der Waals surface area contributed by atoms with Crippen LogP contribution in [0.5, 0.6) is 0 Å². The van der Waals surface area contributed by atoms with Gasteiger partial charge in [0.2, 0.25) is 0 Å². The third-order valence-corrected chi connectivity index (χ3v) is 0. The Morgan fingerprint density at radius 1 is 1.25 bits per heavy atom. The zero-order valence-electron chi connectivity index (χ0n) is 1.66. The van der Waals surface area contributed by atoms with Crippen LogP contribution in [0.1, 0.15) is 0 Å². The van der Waals surface area contributed by atoms with Crippen molar-refractivity contribution in [3.8, 4) is 0 Å². The molecule has 0 radical (unpaired) electrons. The summed E-state index contributed by atoms with van der Waals surface area (Å²) >= 11 is 0. The first-order chi connectivity index (χ1) is 1.41. The minimum Gasteiger partial charge on any atom is -0.221 e. The molecule has 0 amide bonds. The Morgan fingerprint density at radius 3 is 1.25 bits per heavy atom. The van der Waals surface area contributed by atoms with Gasteiger partial charge in [0.25, 0.3) is 0 Å². The van der Waals surface area contributed by atoms with E-state index in [1.54, 1.807) is 0 Å². The molecule has 3 nitrogen and oxygen atoms in total. The van der Waals surface area contributed by atoms with E-state index in [-0.39, 0.29) is 17.1 Å². The monoisotopic (exact) mass is 106 g/mol. The van der Waals surface area contributed by atoms with Gasteiger partial charge in [-0.2, -0.15) is 0 Å². The minimum atomic E-state index is 0. The van der Waals surface area contributed by atoms with Gasteiger partial charge >= 0.3 is 0 Å². The molecule has 0 saturated carbocycles. The molecule has 2 N–H and O–H groups in total. The molecule has 0 aliphatic rings. The van der Waals surface area contributed by atoms with E-state index >= 15 is 0 Å². The van der Waals surface area contributed by atoms with Crippen molar-refractivity contribution in [3.63, 3.8) is 0 Å². The average Bonchev–Trinajstić information content (AvgIpc) is 0.918. The molecule has 0 aromatic heterocycles. The van der Waals surface area contributed by atoms with E-state index in [0.717, 1.165) is 0 Å². The third-order valence-electron chi connectivity index (χ3n) is 0. The SMILES string of the molecule is OOO.[Fe]. The van der Waals surface area contributed by atoms with Gasteiger partial charge in [0.05, 0.1) is 0 Å². The Kier molecular flexibility index (Phi) is 22.1. The zero-order valence-corrected chi connectivity index (χ0v) is 2.76. The predicted molar refractivity (Wildman–Crippen MR) is 6.34 cm³/mol. The fourth-order valence-electron chi connectivity index (χ4n) is 0. The Labute approximate surface area is 33.5 Å². The smallest absolute Gasteiger partial charge is 0 e. The molecule has 4 heavy (non-hydrogen) atoms. The van der Waals surface area contributed by atoms with Crippen molar-refractivity contribution in [2.75, 3.05) is 0 Å². The van der Waals surface area contributed by atoms with Gasteiger partial charge in [-0.3, -0.25) is 0 Å². The first-order valence-corrected chi connectivity index (χ1v) is 0.365. The van der Waals surface area contributed by atoms with Crippen LogP contribution >= 0.6 is 0 Å². The molecule has 28 valence electrons. The van der Waals surface area contributed by atoms with E-state index in [1.807, 2.05) is 0 Å². The normalized spacial score (nSPS) is 4.50. The second kappa shape index (κ2) is 9.99. The fourth-order valence-corrected chi connectivity index (χ4v) is 0. The summed E-state index contributed by atoms with van der Waals surface area (Å²) in [6.07, 6.45) is 0. The van der Waals surface area contributed by atoms with Crippen molar-refractivity contribution >= 4 is 0 Å². The quantitative estimate of drug-likeness (QED) is 0.258. The first-order valence-electron chi connectivity index (χ1n) is 0.365. The van der Waals surface area contributed by atoms with Gasteiger partial charge in [0, 0.05) is 17.1 Å². The van der Waals surface area contributed by atoms with Crippen molar-refractivity contribution in [1.82, 2.24) is 0 Å². The molecule has 0 spiro atoms. The standard InChI is InChI=1S/Fe.H2O3/c;1-3-2/h;1-2H. The largest absolute Gasteiger partial charge is 0.221 e. The summed E-state index contributed by atoms with van der Waals surface area (Å²) in [7, 11) is 0. The molecule has 0 unspecified atom stereocenters. The van der Waals surface area contributed by atoms with Gasteiger partial charge in [-0.25, -0.2) is 10.5 Å². The van der Waals surface area contributed by atoms with Gasteiger partial charge in [-0.05, 0) is 0 Å². The maximum atomic E-state index is 6.62. The van der Waals surface area contributed by atoms with Crippen molar-refractivity contribution < 1.29 is 32.6 Å². The molecule has 0 aliphatic carbocycles. The summed E-state index contributed by atoms with van der Waals surface area (Å²) in [5.74, 6) is 0. The molecule has 4 heteroatoms. The van der Waals surface area contributed by atoms with Crippen LogP contribution < -0.4 is 0 Å². The first kappa shape index (κ1) is 8.83. The molecule has 0 rings (SSSR count). The van der Waals surface area contributed by atoms with Crippen LogP contribution in [0.2, 0.25) is 0 Å². The van der Waals surface area contributed by atoms with Crippen LogP contribution in [0.15, 0.2) is 0 Å². The Balaban J connectivity index is 0. The summed E-state index contributed by atoms with van der Waals surface area (Å²) in [4.78, 5) is 0. The van der Waals surface area contributed by atoms with E-state index < -0.39 is 0 Å². The molecule has 0 fully saturated rings. The van der Waals surface area contributed by atoms with Gasteiger partial charge in [-0.15, -0.1) is 0 Å². The zero-order chi connectivity index (χ0) is 2.71. The van der Waals surface area contributed by atoms with Crippen LogP contribution in [-0.2, 0) is 22.1 Å². The molecule has 0 bridgehead atoms. The number of hydrogen-bond acceptors (Lipinski definition) is 3. The van der Waals surface area contributed by atoms with Crippen molar-refractivity contribution in [3.05, 3.63) is 0 Å². The predicted octanol–water partition coefficient (Wildman–Crippen LogP) is -0.0535. The van der Waals surface area contributed by atoms with Crippen molar-refractivity contribution in [1.29, 1.82) is 0 Å². The maximum Gasteiger partial charge on any atom is 0 e. The molecule has 0 aromatic carbocycles. The van der Waals surface area contributed by atoms with Gasteiger partial charge in [0.1, 0.15) is 0 Å². The maximum absolute atomic E-state index is 6.62.